The molecule has 2 atom stereocenters. The molecular weight excluding hydrogens is 320 g/mol. The molecule has 1 rings (SSSR count). The van der Waals surface area contributed by atoms with E-state index < -0.39 is 24.4 Å². The van der Waals surface area contributed by atoms with Crippen LogP contribution >= 0.6 is 0 Å². The van der Waals surface area contributed by atoms with Crippen LogP contribution in [0.15, 0.2) is 30.3 Å². The van der Waals surface area contributed by atoms with Gasteiger partial charge in [-0.2, -0.15) is 0 Å². The number of esters is 1. The van der Waals surface area contributed by atoms with E-state index in [-0.39, 0.29) is 24.4 Å². The molecule has 1 aromatic carbocycles. The molecule has 2 amide bonds. The summed E-state index contributed by atoms with van der Waals surface area (Å²) < 4.78 is 5.17. The quantitative estimate of drug-likeness (QED) is 0.669. The molecule has 0 spiro atoms. The van der Waals surface area contributed by atoms with Gasteiger partial charge in [0.05, 0.1) is 12.5 Å². The first-order valence-corrected chi connectivity index (χ1v) is 8.62. The summed E-state index contributed by atoms with van der Waals surface area (Å²) in [4.78, 5) is 35.7. The fourth-order valence-corrected chi connectivity index (χ4v) is 2.42. The van der Waals surface area contributed by atoms with Crippen LogP contribution in [0.5, 0.6) is 0 Å². The van der Waals surface area contributed by atoms with E-state index in [2.05, 4.69) is 10.6 Å². The molecule has 0 aromatic heterocycles. The molecule has 6 heteroatoms. The van der Waals surface area contributed by atoms with Gasteiger partial charge < -0.3 is 15.4 Å². The van der Waals surface area contributed by atoms with E-state index in [0.717, 1.165) is 12.0 Å². The average molecular weight is 348 g/mol. The molecule has 1 aromatic rings. The number of carbonyl (C=O) groups excluding carboxylic acids is 3. The zero-order chi connectivity index (χ0) is 18.8. The maximum Gasteiger partial charge on any atom is 0.314 e. The largest absolute Gasteiger partial charge is 0.455 e. The summed E-state index contributed by atoms with van der Waals surface area (Å²) in [6.07, 6.45) is 0.816. The van der Waals surface area contributed by atoms with Crippen molar-refractivity contribution in [2.24, 2.45) is 5.92 Å². The molecule has 0 bridgehead atoms. The van der Waals surface area contributed by atoms with Gasteiger partial charge in [0.2, 0.25) is 5.91 Å². The second-order valence-electron chi connectivity index (χ2n) is 6.38. The van der Waals surface area contributed by atoms with E-state index in [9.17, 15) is 14.4 Å². The predicted molar refractivity (Wildman–Crippen MR) is 95.9 cm³/mol. The molecule has 0 aliphatic carbocycles. The van der Waals surface area contributed by atoms with Gasteiger partial charge in [0.1, 0.15) is 0 Å². The number of hydrogen-bond acceptors (Lipinski definition) is 4. The fourth-order valence-electron chi connectivity index (χ4n) is 2.42. The van der Waals surface area contributed by atoms with Gasteiger partial charge in [0, 0.05) is 6.04 Å². The van der Waals surface area contributed by atoms with Crippen LogP contribution in [0, 0.1) is 5.92 Å². The van der Waals surface area contributed by atoms with Crippen molar-refractivity contribution in [3.63, 3.8) is 0 Å². The van der Waals surface area contributed by atoms with Crippen molar-refractivity contribution >= 4 is 17.8 Å². The van der Waals surface area contributed by atoms with Crippen LogP contribution in [0.3, 0.4) is 0 Å². The second-order valence-corrected chi connectivity index (χ2v) is 6.38. The van der Waals surface area contributed by atoms with Gasteiger partial charge in [-0.05, 0) is 25.3 Å². The third kappa shape index (κ3) is 7.37. The van der Waals surface area contributed by atoms with Crippen molar-refractivity contribution in [2.75, 3.05) is 13.2 Å². The maximum absolute atomic E-state index is 12.5. The van der Waals surface area contributed by atoms with Crippen LogP contribution in [0.2, 0.25) is 0 Å². The molecule has 0 fully saturated rings. The molecule has 0 unspecified atom stereocenters. The summed E-state index contributed by atoms with van der Waals surface area (Å²) in [5.41, 5.74) is 0.874. The summed E-state index contributed by atoms with van der Waals surface area (Å²) in [7, 11) is 0. The summed E-state index contributed by atoms with van der Waals surface area (Å²) in [5.74, 6) is -1.53. The van der Waals surface area contributed by atoms with Crippen molar-refractivity contribution in [3.8, 4) is 0 Å². The van der Waals surface area contributed by atoms with Crippen molar-refractivity contribution in [2.45, 2.75) is 46.1 Å². The number of carbonyl (C=O) groups is 3. The zero-order valence-electron chi connectivity index (χ0n) is 15.4. The number of rotatable bonds is 9. The third-order valence-electron chi connectivity index (χ3n) is 3.87. The van der Waals surface area contributed by atoms with E-state index in [1.54, 1.807) is 0 Å². The van der Waals surface area contributed by atoms with Gasteiger partial charge >= 0.3 is 5.97 Å². The maximum atomic E-state index is 12.5. The molecule has 0 saturated carbocycles. The SMILES string of the molecule is CC[C@H](C)[C@H](C(=O)OCC(=O)NCC(=O)NC(C)C)c1ccccc1. The standard InChI is InChI=1S/C19H28N2O4/c1-5-14(4)18(15-9-7-6-8-10-15)19(24)25-12-17(23)20-11-16(22)21-13(2)3/h6-10,13-14,18H,5,11-12H2,1-4H3,(H,20,23)(H,21,22)/t14-,18-/m0/s1. The predicted octanol–water partition coefficient (Wildman–Crippen LogP) is 2.00. The van der Waals surface area contributed by atoms with E-state index in [1.165, 1.54) is 0 Å². The topological polar surface area (TPSA) is 84.5 Å². The van der Waals surface area contributed by atoms with E-state index >= 15 is 0 Å². The van der Waals surface area contributed by atoms with Gasteiger partial charge in [-0.1, -0.05) is 50.6 Å². The average Bonchev–Trinajstić information content (AvgIpc) is 2.58. The molecule has 0 heterocycles. The van der Waals surface area contributed by atoms with Crippen LogP contribution < -0.4 is 10.6 Å². The van der Waals surface area contributed by atoms with Crippen molar-refractivity contribution < 1.29 is 19.1 Å². The summed E-state index contributed by atoms with van der Waals surface area (Å²) in [5, 5.41) is 5.10. The van der Waals surface area contributed by atoms with Gasteiger partial charge in [-0.25, -0.2) is 0 Å². The molecule has 0 saturated heterocycles. The molecule has 0 aliphatic rings. The van der Waals surface area contributed by atoms with Crippen LogP contribution in [-0.4, -0.2) is 37.0 Å². The normalized spacial score (nSPS) is 13.0. The lowest BCUT2D eigenvalue weighted by Gasteiger charge is -2.21. The van der Waals surface area contributed by atoms with Crippen LogP contribution in [-0.2, 0) is 19.1 Å². The Morgan fingerprint density at radius 2 is 1.68 bits per heavy atom. The van der Waals surface area contributed by atoms with Gasteiger partial charge in [0.25, 0.3) is 5.91 Å². The number of amides is 2. The summed E-state index contributed by atoms with van der Waals surface area (Å²) >= 11 is 0. The third-order valence-corrected chi connectivity index (χ3v) is 3.87. The Labute approximate surface area is 149 Å². The smallest absolute Gasteiger partial charge is 0.314 e. The molecule has 6 nitrogen and oxygen atoms in total. The Morgan fingerprint density at radius 1 is 1.04 bits per heavy atom. The highest BCUT2D eigenvalue weighted by molar-refractivity contribution is 5.87. The number of nitrogens with one attached hydrogen (secondary N) is 2. The Hall–Kier alpha value is -2.37. The minimum atomic E-state index is -0.497. The molecule has 2 N–H and O–H groups in total. The Kier molecular flexibility index (Phi) is 8.67. The number of ether oxygens (including phenoxy) is 1. The molecular formula is C19H28N2O4. The minimum absolute atomic E-state index is 0.00407. The molecule has 25 heavy (non-hydrogen) atoms. The van der Waals surface area contributed by atoms with E-state index in [0.29, 0.717) is 0 Å². The van der Waals surface area contributed by atoms with E-state index in [1.807, 2.05) is 58.0 Å². The van der Waals surface area contributed by atoms with Gasteiger partial charge in [-0.15, -0.1) is 0 Å². The summed E-state index contributed by atoms with van der Waals surface area (Å²) in [6, 6.07) is 9.40. The number of benzene rings is 1. The highest BCUT2D eigenvalue weighted by atomic mass is 16.5. The fraction of sp³-hybridized carbons (Fsp3) is 0.526. The first-order chi connectivity index (χ1) is 11.8. The second kappa shape index (κ2) is 10.5. The van der Waals surface area contributed by atoms with Crippen LogP contribution in [0.1, 0.15) is 45.6 Å². The Balaban J connectivity index is 2.55. The van der Waals surface area contributed by atoms with Crippen molar-refractivity contribution in [3.05, 3.63) is 35.9 Å². The highest BCUT2D eigenvalue weighted by Gasteiger charge is 2.27. The molecule has 138 valence electrons. The molecule has 0 radical (unpaired) electrons. The lowest BCUT2D eigenvalue weighted by Crippen LogP contribution is -2.41. The highest BCUT2D eigenvalue weighted by Crippen LogP contribution is 2.28. The van der Waals surface area contributed by atoms with Crippen molar-refractivity contribution in [1.82, 2.24) is 10.6 Å². The summed E-state index contributed by atoms with van der Waals surface area (Å²) in [6.45, 7) is 7.12. The van der Waals surface area contributed by atoms with E-state index in [4.69, 9.17) is 4.74 Å². The lowest BCUT2D eigenvalue weighted by molar-refractivity contribution is -0.151. The Bertz CT molecular complexity index is 572. The van der Waals surface area contributed by atoms with Crippen LogP contribution in [0.4, 0.5) is 0 Å². The monoisotopic (exact) mass is 348 g/mol. The number of hydrogen-bond donors (Lipinski definition) is 2. The van der Waals surface area contributed by atoms with Crippen molar-refractivity contribution in [1.29, 1.82) is 0 Å². The lowest BCUT2D eigenvalue weighted by atomic mass is 9.86. The Morgan fingerprint density at radius 3 is 2.24 bits per heavy atom. The zero-order valence-corrected chi connectivity index (χ0v) is 15.4. The first-order valence-electron chi connectivity index (χ1n) is 8.62. The molecule has 0 aliphatic heterocycles. The minimum Gasteiger partial charge on any atom is -0.455 e. The first kappa shape index (κ1) is 20.7. The van der Waals surface area contributed by atoms with Crippen LogP contribution in [0.25, 0.3) is 0 Å². The van der Waals surface area contributed by atoms with Gasteiger partial charge in [-0.3, -0.25) is 14.4 Å². The van der Waals surface area contributed by atoms with Gasteiger partial charge in [0.15, 0.2) is 6.61 Å².